The van der Waals surface area contributed by atoms with Crippen LogP contribution in [0.2, 0.25) is 0 Å². The van der Waals surface area contributed by atoms with E-state index in [1.165, 1.54) is 16.9 Å². The van der Waals surface area contributed by atoms with Gasteiger partial charge in [0.05, 0.1) is 6.54 Å². The van der Waals surface area contributed by atoms with E-state index < -0.39 is 0 Å². The van der Waals surface area contributed by atoms with Gasteiger partial charge in [-0.15, -0.1) is 24.0 Å². The fourth-order valence-electron chi connectivity index (χ4n) is 2.70. The minimum absolute atomic E-state index is 0. The molecule has 0 saturated heterocycles. The third-order valence-electron chi connectivity index (χ3n) is 3.83. The lowest BCUT2D eigenvalue weighted by Gasteiger charge is -2.22. The van der Waals surface area contributed by atoms with Gasteiger partial charge in [-0.05, 0) is 30.2 Å². The Labute approximate surface area is 142 Å². The average molecular weight is 396 g/mol. The maximum Gasteiger partial charge on any atom is 0.198 e. The first-order valence-corrected chi connectivity index (χ1v) is 6.96. The van der Waals surface area contributed by atoms with Crippen molar-refractivity contribution in [2.24, 2.45) is 12.0 Å². The molecule has 0 radical (unpaired) electrons. The summed E-state index contributed by atoms with van der Waals surface area (Å²) in [6.07, 6.45) is 3.14. The summed E-state index contributed by atoms with van der Waals surface area (Å²) >= 11 is 0. The highest BCUT2D eigenvalue weighted by Gasteiger charge is 2.22. The van der Waals surface area contributed by atoms with Crippen LogP contribution in [0, 0.1) is 0 Å². The number of aromatic nitrogens is 1. The van der Waals surface area contributed by atoms with Crippen molar-refractivity contribution in [2.45, 2.75) is 13.0 Å². The van der Waals surface area contributed by atoms with Crippen LogP contribution in [0.5, 0.6) is 0 Å². The molecule has 0 fully saturated rings. The lowest BCUT2D eigenvalue weighted by atomic mass is 10.2. The van der Waals surface area contributed by atoms with E-state index >= 15 is 0 Å². The van der Waals surface area contributed by atoms with Gasteiger partial charge < -0.3 is 14.8 Å². The highest BCUT2D eigenvalue weighted by molar-refractivity contribution is 14.0. The maximum absolute atomic E-state index is 4.42. The van der Waals surface area contributed by atoms with E-state index in [1.807, 2.05) is 7.05 Å². The van der Waals surface area contributed by atoms with Gasteiger partial charge in [0.15, 0.2) is 5.96 Å². The molecule has 0 atom stereocenters. The summed E-state index contributed by atoms with van der Waals surface area (Å²) in [5, 5.41) is 3.45. The molecule has 0 unspecified atom stereocenters. The highest BCUT2D eigenvalue weighted by Crippen LogP contribution is 2.27. The number of anilines is 1. The first-order chi connectivity index (χ1) is 9.79. The number of aryl methyl sites for hydroxylation is 1. The topological polar surface area (TPSA) is 32.6 Å². The minimum atomic E-state index is 0. The van der Waals surface area contributed by atoms with Crippen molar-refractivity contribution in [1.29, 1.82) is 0 Å². The number of nitrogens with zero attached hydrogens (tertiary/aromatic N) is 3. The van der Waals surface area contributed by atoms with Crippen molar-refractivity contribution in [3.8, 4) is 0 Å². The van der Waals surface area contributed by atoms with Crippen molar-refractivity contribution >= 4 is 35.6 Å². The van der Waals surface area contributed by atoms with Crippen LogP contribution >= 0.6 is 24.0 Å². The van der Waals surface area contributed by atoms with Crippen LogP contribution in [0.1, 0.15) is 11.3 Å². The van der Waals surface area contributed by atoms with Gasteiger partial charge in [-0.1, -0.05) is 18.2 Å². The Bertz CT molecular complexity index is 633. The number of hydrogen-bond acceptors (Lipinski definition) is 1. The van der Waals surface area contributed by atoms with Gasteiger partial charge in [-0.3, -0.25) is 4.99 Å². The Kier molecular flexibility index (Phi) is 5.27. The van der Waals surface area contributed by atoms with Gasteiger partial charge in [0.1, 0.15) is 0 Å². The monoisotopic (exact) mass is 396 g/mol. The number of halogens is 1. The van der Waals surface area contributed by atoms with E-state index in [1.54, 1.807) is 0 Å². The number of benzene rings is 1. The van der Waals surface area contributed by atoms with E-state index in [4.69, 9.17) is 0 Å². The molecule has 4 nitrogen and oxygen atoms in total. The van der Waals surface area contributed by atoms with E-state index in [9.17, 15) is 0 Å². The Morgan fingerprint density at radius 2 is 2.05 bits per heavy atom. The van der Waals surface area contributed by atoms with E-state index in [0.717, 1.165) is 25.5 Å². The highest BCUT2D eigenvalue weighted by atomic mass is 127. The molecule has 0 aliphatic carbocycles. The van der Waals surface area contributed by atoms with Crippen molar-refractivity contribution in [3.63, 3.8) is 0 Å². The number of para-hydroxylation sites is 1. The van der Waals surface area contributed by atoms with Crippen LogP contribution in [-0.2, 0) is 20.0 Å². The SMILES string of the molecule is CN=C(NCc1cccn1C)N1CCc2ccccc21.I. The predicted octanol–water partition coefficient (Wildman–Crippen LogP) is 2.78. The molecule has 21 heavy (non-hydrogen) atoms. The van der Waals surface area contributed by atoms with Crippen LogP contribution in [0.25, 0.3) is 0 Å². The molecule has 0 spiro atoms. The Morgan fingerprint density at radius 1 is 1.24 bits per heavy atom. The molecule has 3 rings (SSSR count). The summed E-state index contributed by atoms with van der Waals surface area (Å²) in [5.41, 5.74) is 3.92. The van der Waals surface area contributed by atoms with Crippen LogP contribution in [0.15, 0.2) is 47.6 Å². The molecular weight excluding hydrogens is 375 g/mol. The fourth-order valence-corrected chi connectivity index (χ4v) is 2.70. The molecular formula is C16H21IN4. The second-order valence-electron chi connectivity index (χ2n) is 5.04. The molecule has 112 valence electrons. The number of nitrogens with one attached hydrogen (secondary N) is 1. The Hall–Kier alpha value is -1.50. The quantitative estimate of drug-likeness (QED) is 0.481. The van der Waals surface area contributed by atoms with Crippen molar-refractivity contribution in [2.75, 3.05) is 18.5 Å². The molecule has 0 amide bonds. The van der Waals surface area contributed by atoms with Gasteiger partial charge >= 0.3 is 0 Å². The largest absolute Gasteiger partial charge is 0.353 e. The summed E-state index contributed by atoms with van der Waals surface area (Å²) < 4.78 is 2.12. The minimum Gasteiger partial charge on any atom is -0.353 e. The molecule has 2 heterocycles. The first kappa shape index (κ1) is 15.9. The lowest BCUT2D eigenvalue weighted by Crippen LogP contribution is -2.40. The van der Waals surface area contributed by atoms with Gasteiger partial charge in [0.25, 0.3) is 0 Å². The van der Waals surface area contributed by atoms with Crippen LogP contribution < -0.4 is 10.2 Å². The van der Waals surface area contributed by atoms with E-state index in [2.05, 4.69) is 69.4 Å². The molecule has 1 N–H and O–H groups in total. The number of aliphatic imine (C=N–C) groups is 1. The second-order valence-corrected chi connectivity index (χ2v) is 5.04. The van der Waals surface area contributed by atoms with Gasteiger partial charge in [0, 0.05) is 38.2 Å². The van der Waals surface area contributed by atoms with Crippen molar-refractivity contribution in [3.05, 3.63) is 53.9 Å². The smallest absolute Gasteiger partial charge is 0.198 e. The maximum atomic E-state index is 4.42. The summed E-state index contributed by atoms with van der Waals surface area (Å²) in [7, 11) is 3.90. The van der Waals surface area contributed by atoms with Gasteiger partial charge in [-0.25, -0.2) is 0 Å². The van der Waals surface area contributed by atoms with Crippen molar-refractivity contribution in [1.82, 2.24) is 9.88 Å². The van der Waals surface area contributed by atoms with Gasteiger partial charge in [-0.2, -0.15) is 0 Å². The van der Waals surface area contributed by atoms with E-state index in [-0.39, 0.29) is 24.0 Å². The molecule has 1 aliphatic rings. The Balaban J connectivity index is 0.00000161. The number of rotatable bonds is 2. The molecule has 0 saturated carbocycles. The van der Waals surface area contributed by atoms with Crippen LogP contribution in [-0.4, -0.2) is 24.1 Å². The average Bonchev–Trinajstić information content (AvgIpc) is 3.07. The summed E-state index contributed by atoms with van der Waals surface area (Å²) in [4.78, 5) is 6.68. The third-order valence-corrected chi connectivity index (χ3v) is 3.83. The summed E-state index contributed by atoms with van der Waals surface area (Å²) in [6.45, 7) is 1.78. The zero-order valence-electron chi connectivity index (χ0n) is 12.4. The first-order valence-electron chi connectivity index (χ1n) is 6.96. The molecule has 1 aromatic heterocycles. The molecule has 5 heteroatoms. The summed E-state index contributed by atoms with van der Waals surface area (Å²) in [5.74, 6) is 0.941. The third kappa shape index (κ3) is 3.23. The van der Waals surface area contributed by atoms with Crippen LogP contribution in [0.3, 0.4) is 0 Å². The van der Waals surface area contributed by atoms with Crippen molar-refractivity contribution < 1.29 is 0 Å². The molecule has 1 aromatic carbocycles. The Morgan fingerprint density at radius 3 is 2.76 bits per heavy atom. The van der Waals surface area contributed by atoms with E-state index in [0.29, 0.717) is 0 Å². The normalized spacial score (nSPS) is 13.8. The summed E-state index contributed by atoms with van der Waals surface area (Å²) in [6, 6.07) is 12.7. The predicted molar refractivity (Wildman–Crippen MR) is 98.5 cm³/mol. The molecule has 1 aliphatic heterocycles. The zero-order chi connectivity index (χ0) is 13.9. The molecule has 0 bridgehead atoms. The molecule has 2 aromatic rings. The lowest BCUT2D eigenvalue weighted by molar-refractivity contribution is 0.768. The fraction of sp³-hybridized carbons (Fsp3) is 0.312. The zero-order valence-corrected chi connectivity index (χ0v) is 14.7. The number of guanidine groups is 1. The van der Waals surface area contributed by atoms with Crippen LogP contribution in [0.4, 0.5) is 5.69 Å². The number of hydrogen-bond donors (Lipinski definition) is 1. The van der Waals surface area contributed by atoms with Gasteiger partial charge in [0.2, 0.25) is 0 Å². The number of fused-ring (bicyclic) bond motifs is 1. The second kappa shape index (κ2) is 6.98. The standard InChI is InChI=1S/C16H20N4.HI/c1-17-16(18-12-14-7-5-10-19(14)2)20-11-9-13-6-3-4-8-15(13)20;/h3-8,10H,9,11-12H2,1-2H3,(H,17,18);1H.